The highest BCUT2D eigenvalue weighted by Crippen LogP contribution is 2.31. The first-order valence-corrected chi connectivity index (χ1v) is 6.65. The Morgan fingerprint density at radius 2 is 2.50 bits per heavy atom. The van der Waals surface area contributed by atoms with E-state index in [0.717, 1.165) is 37.9 Å². The van der Waals surface area contributed by atoms with Crippen LogP contribution >= 0.6 is 0 Å². The van der Waals surface area contributed by atoms with Crippen LogP contribution < -0.4 is 10.6 Å². The van der Waals surface area contributed by atoms with Crippen LogP contribution in [0.5, 0.6) is 0 Å². The van der Waals surface area contributed by atoms with E-state index < -0.39 is 0 Å². The Bertz CT molecular complexity index is 385. The number of hydrogen-bond donors (Lipinski definition) is 2. The molecule has 1 atom stereocenters. The zero-order valence-corrected chi connectivity index (χ0v) is 10.9. The molecule has 0 radical (unpaired) electrons. The molecule has 0 spiro atoms. The van der Waals surface area contributed by atoms with Crippen LogP contribution in [0.15, 0.2) is 24.5 Å². The Morgan fingerprint density at radius 3 is 3.11 bits per heavy atom. The molecule has 0 aromatic carbocycles. The van der Waals surface area contributed by atoms with Crippen LogP contribution in [-0.2, 0) is 11.3 Å². The van der Waals surface area contributed by atoms with Gasteiger partial charge in [-0.25, -0.2) is 0 Å². The van der Waals surface area contributed by atoms with E-state index in [-0.39, 0.29) is 11.3 Å². The Balaban J connectivity index is 1.94. The van der Waals surface area contributed by atoms with Gasteiger partial charge in [0.25, 0.3) is 0 Å². The Morgan fingerprint density at radius 1 is 1.61 bits per heavy atom. The zero-order valence-electron chi connectivity index (χ0n) is 10.9. The number of nitrogens with zero attached hydrogens (tertiary/aromatic N) is 1. The van der Waals surface area contributed by atoms with E-state index in [1.165, 1.54) is 0 Å². The number of pyridine rings is 1. The van der Waals surface area contributed by atoms with Crippen molar-refractivity contribution in [2.24, 2.45) is 5.41 Å². The van der Waals surface area contributed by atoms with Crippen LogP contribution in [0, 0.1) is 5.41 Å². The standard InChI is InChI=1S/C14H21N3O/c1-2-5-14(6-8-16-11-14)13(18)17-10-12-4-3-7-15-9-12/h3-4,7,9,16H,2,5-6,8,10-11H2,1H3,(H,17,18). The van der Waals surface area contributed by atoms with E-state index in [1.54, 1.807) is 12.4 Å². The first kappa shape index (κ1) is 13.0. The van der Waals surface area contributed by atoms with Crippen molar-refractivity contribution in [3.8, 4) is 0 Å². The summed E-state index contributed by atoms with van der Waals surface area (Å²) >= 11 is 0. The van der Waals surface area contributed by atoms with Gasteiger partial charge in [0.1, 0.15) is 0 Å². The lowest BCUT2D eigenvalue weighted by Crippen LogP contribution is -2.42. The molecule has 1 fully saturated rings. The van der Waals surface area contributed by atoms with Crippen molar-refractivity contribution in [1.29, 1.82) is 0 Å². The molecule has 4 nitrogen and oxygen atoms in total. The number of hydrogen-bond acceptors (Lipinski definition) is 3. The first-order chi connectivity index (χ1) is 8.77. The van der Waals surface area contributed by atoms with Gasteiger partial charge < -0.3 is 10.6 Å². The number of rotatable bonds is 5. The number of carbonyl (C=O) groups is 1. The maximum Gasteiger partial charge on any atom is 0.227 e. The summed E-state index contributed by atoms with van der Waals surface area (Å²) in [4.78, 5) is 16.4. The Hall–Kier alpha value is -1.42. The molecule has 2 rings (SSSR count). The summed E-state index contributed by atoms with van der Waals surface area (Å²) in [5.74, 6) is 0.179. The molecule has 2 N–H and O–H groups in total. The Kier molecular flexibility index (Phi) is 4.31. The predicted molar refractivity (Wildman–Crippen MR) is 70.9 cm³/mol. The lowest BCUT2D eigenvalue weighted by Gasteiger charge is -2.26. The summed E-state index contributed by atoms with van der Waals surface area (Å²) in [6.07, 6.45) is 6.48. The molecule has 0 aliphatic carbocycles. The average Bonchev–Trinajstić information content (AvgIpc) is 2.87. The van der Waals surface area contributed by atoms with E-state index in [4.69, 9.17) is 0 Å². The summed E-state index contributed by atoms with van der Waals surface area (Å²) in [7, 11) is 0. The van der Waals surface area contributed by atoms with Crippen LogP contribution in [0.25, 0.3) is 0 Å². The van der Waals surface area contributed by atoms with Gasteiger partial charge in [-0.3, -0.25) is 9.78 Å². The van der Waals surface area contributed by atoms with Crippen LogP contribution in [-0.4, -0.2) is 24.0 Å². The molecule has 1 aromatic heterocycles. The fraction of sp³-hybridized carbons (Fsp3) is 0.571. The second-order valence-electron chi connectivity index (χ2n) is 5.00. The van der Waals surface area contributed by atoms with Crippen molar-refractivity contribution < 1.29 is 4.79 Å². The molecule has 98 valence electrons. The molecular weight excluding hydrogens is 226 g/mol. The van der Waals surface area contributed by atoms with Gasteiger partial charge in [-0.15, -0.1) is 0 Å². The molecule has 0 saturated carbocycles. The van der Waals surface area contributed by atoms with Crippen molar-refractivity contribution in [2.75, 3.05) is 13.1 Å². The van der Waals surface area contributed by atoms with Crippen molar-refractivity contribution >= 4 is 5.91 Å². The third-order valence-electron chi connectivity index (χ3n) is 3.63. The van der Waals surface area contributed by atoms with Gasteiger partial charge in [-0.05, 0) is 31.0 Å². The Labute approximate surface area is 108 Å². The maximum atomic E-state index is 12.4. The molecule has 1 aliphatic heterocycles. The van der Waals surface area contributed by atoms with E-state index in [9.17, 15) is 4.79 Å². The molecule has 4 heteroatoms. The molecule has 1 aromatic rings. The number of nitrogens with one attached hydrogen (secondary N) is 2. The molecule has 18 heavy (non-hydrogen) atoms. The summed E-state index contributed by atoms with van der Waals surface area (Å²) in [6, 6.07) is 3.87. The van der Waals surface area contributed by atoms with Crippen molar-refractivity contribution in [3.05, 3.63) is 30.1 Å². The molecule has 1 unspecified atom stereocenters. The van der Waals surface area contributed by atoms with Crippen LogP contribution in [0.1, 0.15) is 31.7 Å². The van der Waals surface area contributed by atoms with Gasteiger partial charge in [0.05, 0.1) is 5.41 Å². The van der Waals surface area contributed by atoms with Crippen LogP contribution in [0.3, 0.4) is 0 Å². The summed E-state index contributed by atoms with van der Waals surface area (Å²) in [5, 5.41) is 6.35. The van der Waals surface area contributed by atoms with E-state index >= 15 is 0 Å². The lowest BCUT2D eigenvalue weighted by atomic mass is 9.81. The van der Waals surface area contributed by atoms with Gasteiger partial charge >= 0.3 is 0 Å². The molecule has 1 amide bonds. The minimum absolute atomic E-state index is 0.179. The van der Waals surface area contributed by atoms with Gasteiger partial charge in [0, 0.05) is 25.5 Å². The maximum absolute atomic E-state index is 12.4. The van der Waals surface area contributed by atoms with E-state index in [1.807, 2.05) is 12.1 Å². The van der Waals surface area contributed by atoms with Crippen molar-refractivity contribution in [2.45, 2.75) is 32.7 Å². The average molecular weight is 247 g/mol. The highest BCUT2D eigenvalue weighted by molar-refractivity contribution is 5.83. The highest BCUT2D eigenvalue weighted by atomic mass is 16.2. The summed E-state index contributed by atoms with van der Waals surface area (Å²) < 4.78 is 0. The van der Waals surface area contributed by atoms with Crippen LogP contribution in [0.2, 0.25) is 0 Å². The molecule has 1 saturated heterocycles. The minimum Gasteiger partial charge on any atom is -0.351 e. The molecule has 0 bridgehead atoms. The third kappa shape index (κ3) is 2.88. The quantitative estimate of drug-likeness (QED) is 0.828. The molecular formula is C14H21N3O. The summed E-state index contributed by atoms with van der Waals surface area (Å²) in [5.41, 5.74) is 0.847. The summed E-state index contributed by atoms with van der Waals surface area (Å²) in [6.45, 7) is 4.45. The lowest BCUT2D eigenvalue weighted by molar-refractivity contribution is -0.130. The van der Waals surface area contributed by atoms with E-state index in [2.05, 4.69) is 22.5 Å². The highest BCUT2D eigenvalue weighted by Gasteiger charge is 2.39. The SMILES string of the molecule is CCCC1(C(=O)NCc2cccnc2)CCNC1. The third-order valence-corrected chi connectivity index (χ3v) is 3.63. The molecule has 2 heterocycles. The van der Waals surface area contributed by atoms with Gasteiger partial charge in [0.15, 0.2) is 0 Å². The second kappa shape index (κ2) is 5.96. The zero-order chi connectivity index (χ0) is 12.8. The smallest absolute Gasteiger partial charge is 0.227 e. The fourth-order valence-electron chi connectivity index (χ4n) is 2.62. The molecule has 1 aliphatic rings. The predicted octanol–water partition coefficient (Wildman–Crippen LogP) is 1.48. The van der Waals surface area contributed by atoms with Crippen molar-refractivity contribution in [1.82, 2.24) is 15.6 Å². The normalized spacial score (nSPS) is 22.9. The van der Waals surface area contributed by atoms with E-state index in [0.29, 0.717) is 6.54 Å². The minimum atomic E-state index is -0.197. The number of amides is 1. The monoisotopic (exact) mass is 247 g/mol. The fourth-order valence-corrected chi connectivity index (χ4v) is 2.62. The number of aromatic nitrogens is 1. The van der Waals surface area contributed by atoms with Gasteiger partial charge in [-0.1, -0.05) is 19.4 Å². The topological polar surface area (TPSA) is 54.0 Å². The second-order valence-corrected chi connectivity index (χ2v) is 5.00. The number of carbonyl (C=O) groups excluding carboxylic acids is 1. The first-order valence-electron chi connectivity index (χ1n) is 6.65. The van der Waals surface area contributed by atoms with Crippen LogP contribution in [0.4, 0.5) is 0 Å². The largest absolute Gasteiger partial charge is 0.351 e. The van der Waals surface area contributed by atoms with Crippen molar-refractivity contribution in [3.63, 3.8) is 0 Å². The van der Waals surface area contributed by atoms with Gasteiger partial charge in [0.2, 0.25) is 5.91 Å². The van der Waals surface area contributed by atoms with Gasteiger partial charge in [-0.2, -0.15) is 0 Å².